The van der Waals surface area contributed by atoms with Crippen LogP contribution in [0.5, 0.6) is 0 Å². The van der Waals surface area contributed by atoms with Crippen LogP contribution in [0, 0.1) is 24.6 Å². The van der Waals surface area contributed by atoms with E-state index < -0.39 is 11.7 Å². The second kappa shape index (κ2) is 10.2. The topological polar surface area (TPSA) is 120 Å². The minimum Gasteiger partial charge on any atom is -0.383 e. The van der Waals surface area contributed by atoms with Gasteiger partial charge >= 0.3 is 0 Å². The molecule has 1 aromatic carbocycles. The van der Waals surface area contributed by atoms with Crippen molar-refractivity contribution in [2.75, 3.05) is 32.6 Å². The molecule has 0 aliphatic carbocycles. The van der Waals surface area contributed by atoms with Crippen molar-refractivity contribution in [1.82, 2.24) is 24.2 Å². The number of carbonyl (C=O) groups excluding carboxylic acids is 2. The Bertz CT molecular complexity index is 1480. The van der Waals surface area contributed by atoms with Crippen LogP contribution in [0.4, 0.5) is 10.2 Å². The summed E-state index contributed by atoms with van der Waals surface area (Å²) in [4.78, 5) is 30.7. The number of primary amides is 1. The maximum absolute atomic E-state index is 15.3. The normalized spacial score (nSPS) is 17.1. The standard InChI is InChI=1S/C25H27ClFN7O3/c1-6-20(35)33-11-14(9-15(33)12-37-5)34-25(29-3)21(24(28)36)18(31-34)8-7-16-17(26)10-19-23(22(16)27)30-13(2)32(19)4/h6,10,14-15,29H,1,9,11-12H2,2-5H3,(H2,28,36)/t14-,15+/m0/s1. The van der Waals surface area contributed by atoms with Crippen molar-refractivity contribution in [3.05, 3.63) is 52.2 Å². The van der Waals surface area contributed by atoms with Gasteiger partial charge in [-0.25, -0.2) is 14.1 Å². The highest BCUT2D eigenvalue weighted by molar-refractivity contribution is 6.32. The Morgan fingerprint density at radius 3 is 2.78 bits per heavy atom. The Kier molecular flexibility index (Phi) is 7.25. The number of nitrogens with one attached hydrogen (secondary N) is 1. The summed E-state index contributed by atoms with van der Waals surface area (Å²) in [5.41, 5.74) is 6.42. The highest BCUT2D eigenvalue weighted by Crippen LogP contribution is 2.33. The lowest BCUT2D eigenvalue weighted by Crippen LogP contribution is -2.37. The number of benzene rings is 1. The Balaban J connectivity index is 1.80. The minimum absolute atomic E-state index is 0.0538. The summed E-state index contributed by atoms with van der Waals surface area (Å²) in [7, 11) is 4.95. The van der Waals surface area contributed by atoms with E-state index in [2.05, 4.69) is 33.8 Å². The summed E-state index contributed by atoms with van der Waals surface area (Å²) < 4.78 is 23.9. The highest BCUT2D eigenvalue weighted by atomic mass is 35.5. The van der Waals surface area contributed by atoms with E-state index in [1.54, 1.807) is 48.3 Å². The van der Waals surface area contributed by atoms with Crippen LogP contribution in [0.1, 0.15) is 39.9 Å². The summed E-state index contributed by atoms with van der Waals surface area (Å²) in [6.07, 6.45) is 1.77. The predicted molar refractivity (Wildman–Crippen MR) is 138 cm³/mol. The molecule has 1 aliphatic heterocycles. The lowest BCUT2D eigenvalue weighted by Gasteiger charge is -2.22. The van der Waals surface area contributed by atoms with E-state index in [4.69, 9.17) is 22.1 Å². The lowest BCUT2D eigenvalue weighted by atomic mass is 10.1. The zero-order valence-electron chi connectivity index (χ0n) is 20.9. The molecule has 1 saturated heterocycles. The third kappa shape index (κ3) is 4.54. The number of likely N-dealkylation sites (tertiary alicyclic amines) is 1. The molecule has 3 N–H and O–H groups in total. The van der Waals surface area contributed by atoms with E-state index in [-0.39, 0.29) is 45.4 Å². The van der Waals surface area contributed by atoms with Crippen LogP contribution < -0.4 is 11.1 Å². The molecule has 0 unspecified atom stereocenters. The monoisotopic (exact) mass is 527 g/mol. The molecule has 1 fully saturated rings. The van der Waals surface area contributed by atoms with Crippen molar-refractivity contribution in [3.63, 3.8) is 0 Å². The number of nitrogens with zero attached hydrogens (tertiary/aromatic N) is 5. The quantitative estimate of drug-likeness (QED) is 0.375. The van der Waals surface area contributed by atoms with Crippen molar-refractivity contribution in [2.45, 2.75) is 25.4 Å². The number of anilines is 1. The first kappa shape index (κ1) is 26.2. The molecule has 0 saturated carbocycles. The molecule has 2 aromatic heterocycles. The Morgan fingerprint density at radius 1 is 1.43 bits per heavy atom. The van der Waals surface area contributed by atoms with E-state index in [1.807, 2.05) is 0 Å². The van der Waals surface area contributed by atoms with Gasteiger partial charge in [0, 0.05) is 27.7 Å². The summed E-state index contributed by atoms with van der Waals surface area (Å²) in [6, 6.07) is 1.09. The fraction of sp³-hybridized carbons (Fsp3) is 0.360. The fourth-order valence-electron chi connectivity index (χ4n) is 4.67. The third-order valence-electron chi connectivity index (χ3n) is 6.55. The maximum atomic E-state index is 15.3. The molecule has 37 heavy (non-hydrogen) atoms. The number of aryl methyl sites for hydroxylation is 2. The van der Waals surface area contributed by atoms with E-state index in [9.17, 15) is 9.59 Å². The van der Waals surface area contributed by atoms with Crippen molar-refractivity contribution in [2.24, 2.45) is 12.8 Å². The third-order valence-corrected chi connectivity index (χ3v) is 6.85. The smallest absolute Gasteiger partial charge is 0.255 e. The number of hydrogen-bond donors (Lipinski definition) is 2. The molecule has 3 heterocycles. The van der Waals surface area contributed by atoms with Crippen molar-refractivity contribution in [1.29, 1.82) is 0 Å². The van der Waals surface area contributed by atoms with Gasteiger partial charge in [-0.15, -0.1) is 0 Å². The van der Waals surface area contributed by atoms with E-state index >= 15 is 4.39 Å². The molecule has 2 amide bonds. The number of methoxy groups -OCH3 is 1. The van der Waals surface area contributed by atoms with Crippen LogP contribution in [0.3, 0.4) is 0 Å². The molecule has 12 heteroatoms. The van der Waals surface area contributed by atoms with E-state index in [0.717, 1.165) is 0 Å². The molecule has 0 radical (unpaired) electrons. The van der Waals surface area contributed by atoms with Crippen LogP contribution in [0.15, 0.2) is 18.7 Å². The number of imidazole rings is 1. The average molecular weight is 528 g/mol. The summed E-state index contributed by atoms with van der Waals surface area (Å²) in [5.74, 6) is 4.80. The molecule has 0 bridgehead atoms. The Hall–Kier alpha value is -3.88. The fourth-order valence-corrected chi connectivity index (χ4v) is 4.91. The molecule has 2 atom stereocenters. The molecule has 1 aliphatic rings. The van der Waals surface area contributed by atoms with Gasteiger partial charge in [0.15, 0.2) is 11.5 Å². The van der Waals surface area contributed by atoms with Gasteiger partial charge in [-0.2, -0.15) is 5.10 Å². The van der Waals surface area contributed by atoms with Crippen LogP contribution in [-0.2, 0) is 16.6 Å². The minimum atomic E-state index is -0.757. The highest BCUT2D eigenvalue weighted by Gasteiger charge is 2.37. The molecule has 10 nitrogen and oxygen atoms in total. The zero-order valence-corrected chi connectivity index (χ0v) is 21.7. The number of fused-ring (bicyclic) bond motifs is 1. The molecular weight excluding hydrogens is 501 g/mol. The number of hydrogen-bond acceptors (Lipinski definition) is 6. The van der Waals surface area contributed by atoms with Crippen LogP contribution in [0.25, 0.3) is 11.0 Å². The van der Waals surface area contributed by atoms with Crippen LogP contribution in [0.2, 0.25) is 5.02 Å². The van der Waals surface area contributed by atoms with Crippen molar-refractivity contribution < 1.29 is 18.7 Å². The van der Waals surface area contributed by atoms with Crippen molar-refractivity contribution in [3.8, 4) is 11.8 Å². The van der Waals surface area contributed by atoms with E-state index in [0.29, 0.717) is 36.7 Å². The molecule has 194 valence electrons. The molecule has 4 rings (SSSR count). The number of amides is 2. The summed E-state index contributed by atoms with van der Waals surface area (Å²) >= 11 is 6.36. The van der Waals surface area contributed by atoms with Gasteiger partial charge in [0.2, 0.25) is 5.91 Å². The first-order valence-corrected chi connectivity index (χ1v) is 11.9. The number of nitrogens with two attached hydrogens (primary N) is 1. The summed E-state index contributed by atoms with van der Waals surface area (Å²) in [6.45, 7) is 5.97. The van der Waals surface area contributed by atoms with Crippen molar-refractivity contribution >= 4 is 40.3 Å². The van der Waals surface area contributed by atoms with E-state index in [1.165, 1.54) is 6.08 Å². The molecule has 3 aromatic rings. The largest absolute Gasteiger partial charge is 0.383 e. The predicted octanol–water partition coefficient (Wildman–Crippen LogP) is 2.39. The molecular formula is C25H27ClFN7O3. The second-order valence-corrected chi connectivity index (χ2v) is 9.11. The number of carbonyl (C=O) groups is 2. The number of halogens is 2. The molecule has 0 spiro atoms. The van der Waals surface area contributed by atoms with Gasteiger partial charge in [-0.05, 0) is 31.4 Å². The Labute approximate surface area is 218 Å². The van der Waals surface area contributed by atoms with Gasteiger partial charge in [-0.3, -0.25) is 9.59 Å². The first-order chi connectivity index (χ1) is 17.6. The van der Waals surface area contributed by atoms with Gasteiger partial charge in [0.05, 0.1) is 34.8 Å². The number of aromatic nitrogens is 4. The zero-order chi connectivity index (χ0) is 27.0. The first-order valence-electron chi connectivity index (χ1n) is 11.5. The average Bonchev–Trinajstić information content (AvgIpc) is 3.53. The van der Waals surface area contributed by atoms with Crippen LogP contribution in [-0.4, -0.2) is 69.4 Å². The van der Waals surface area contributed by atoms with Gasteiger partial charge in [0.25, 0.3) is 5.91 Å². The summed E-state index contributed by atoms with van der Waals surface area (Å²) in [5, 5.41) is 7.61. The Morgan fingerprint density at radius 2 is 2.16 bits per heavy atom. The SMILES string of the molecule is C=CC(=O)N1C[C@@H](n2nc(C#Cc3c(Cl)cc4c(nc(C)n4C)c3F)c(C(N)=O)c2NC)C[C@@H]1COC. The number of rotatable bonds is 6. The van der Waals surface area contributed by atoms with Gasteiger partial charge < -0.3 is 25.3 Å². The number of ether oxygens (including phenoxy) is 1. The van der Waals surface area contributed by atoms with Gasteiger partial charge in [0.1, 0.15) is 22.7 Å². The maximum Gasteiger partial charge on any atom is 0.255 e. The van der Waals surface area contributed by atoms with Crippen LogP contribution >= 0.6 is 11.6 Å². The lowest BCUT2D eigenvalue weighted by molar-refractivity contribution is -0.127. The second-order valence-electron chi connectivity index (χ2n) is 8.71. The van der Waals surface area contributed by atoms with Gasteiger partial charge in [-0.1, -0.05) is 24.1 Å².